The van der Waals surface area contributed by atoms with E-state index < -0.39 is 39.9 Å². The molecule has 11 heteroatoms. The number of hydrogen-bond acceptors (Lipinski definition) is 7. The third-order valence-corrected chi connectivity index (χ3v) is 6.34. The number of hydrogen-bond donors (Lipinski definition) is 3. The van der Waals surface area contributed by atoms with Crippen molar-refractivity contribution >= 4 is 32.6 Å². The molecule has 0 atom stereocenters. The lowest BCUT2D eigenvalue weighted by molar-refractivity contribution is -0.117. The van der Waals surface area contributed by atoms with Crippen molar-refractivity contribution in [2.45, 2.75) is 0 Å². The Morgan fingerprint density at radius 2 is 1.97 bits per heavy atom. The van der Waals surface area contributed by atoms with Crippen LogP contribution in [0.4, 0.5) is 10.1 Å². The first-order valence-corrected chi connectivity index (χ1v) is 10.6. The van der Waals surface area contributed by atoms with Gasteiger partial charge in [0.2, 0.25) is 0 Å². The van der Waals surface area contributed by atoms with Gasteiger partial charge in [-0.3, -0.25) is 9.69 Å². The summed E-state index contributed by atoms with van der Waals surface area (Å²) >= 11 is 0. The Balaban J connectivity index is 1.59. The van der Waals surface area contributed by atoms with E-state index in [0.29, 0.717) is 22.0 Å². The molecule has 2 aliphatic rings. The predicted octanol–water partition coefficient (Wildman–Crippen LogP) is 0.149. The molecule has 0 spiro atoms. The van der Waals surface area contributed by atoms with Crippen molar-refractivity contribution < 1.29 is 27.4 Å². The minimum absolute atomic E-state index is 0.0898. The van der Waals surface area contributed by atoms with E-state index in [1.165, 1.54) is 12.1 Å². The molecule has 2 fully saturated rings. The van der Waals surface area contributed by atoms with Crippen LogP contribution in [0.25, 0.3) is 10.8 Å². The number of carbonyl (C=O) groups is 1. The molecule has 1 amide bonds. The zero-order chi connectivity index (χ0) is 20.6. The number of benzene rings is 2. The standard InChI is InChI=1S/C18H21FN4O5S/c19-17-14-10-13(28-8-7-22-5-3-20-4-6-22)2-1-12(14)9-15(24)18(17)23-11-16(25)21-29(23,26)27/h1-2,9-10,20,24H,3-8,11H2,(H,21,25). The molecule has 4 rings (SSSR count). The first-order valence-electron chi connectivity index (χ1n) is 9.19. The highest BCUT2D eigenvalue weighted by Gasteiger charge is 2.37. The van der Waals surface area contributed by atoms with E-state index in [9.17, 15) is 18.3 Å². The van der Waals surface area contributed by atoms with Gasteiger partial charge >= 0.3 is 10.2 Å². The predicted molar refractivity (Wildman–Crippen MR) is 105 cm³/mol. The highest BCUT2D eigenvalue weighted by Crippen LogP contribution is 2.39. The van der Waals surface area contributed by atoms with Crippen LogP contribution in [0.15, 0.2) is 24.3 Å². The zero-order valence-electron chi connectivity index (χ0n) is 15.5. The van der Waals surface area contributed by atoms with Gasteiger partial charge in [0.15, 0.2) is 5.82 Å². The van der Waals surface area contributed by atoms with E-state index in [2.05, 4.69) is 10.2 Å². The SMILES string of the molecule is O=C1CN(c2c(O)cc3ccc(OCCN4CCNCC4)cc3c2F)S(=O)(=O)N1. The zero-order valence-corrected chi connectivity index (χ0v) is 16.3. The van der Waals surface area contributed by atoms with E-state index >= 15 is 4.39 Å². The van der Waals surface area contributed by atoms with Crippen LogP contribution in [0, 0.1) is 5.82 Å². The summed E-state index contributed by atoms with van der Waals surface area (Å²) in [6.07, 6.45) is 0. The minimum Gasteiger partial charge on any atom is -0.506 e. The van der Waals surface area contributed by atoms with Gasteiger partial charge in [-0.05, 0) is 23.6 Å². The minimum atomic E-state index is -4.25. The molecule has 0 bridgehead atoms. The lowest BCUT2D eigenvalue weighted by atomic mass is 10.1. The van der Waals surface area contributed by atoms with Crippen molar-refractivity contribution in [3.63, 3.8) is 0 Å². The Hall–Kier alpha value is -2.63. The Labute approximate surface area is 167 Å². The third kappa shape index (κ3) is 3.93. The summed E-state index contributed by atoms with van der Waals surface area (Å²) in [6.45, 7) is 4.32. The fourth-order valence-electron chi connectivity index (χ4n) is 3.51. The molecule has 2 saturated heterocycles. The van der Waals surface area contributed by atoms with Crippen molar-refractivity contribution in [1.29, 1.82) is 0 Å². The number of phenolic OH excluding ortho intramolecular Hbond substituents is 1. The molecule has 0 aliphatic carbocycles. The van der Waals surface area contributed by atoms with Crippen LogP contribution in [0.1, 0.15) is 0 Å². The first-order chi connectivity index (χ1) is 13.8. The van der Waals surface area contributed by atoms with Gasteiger partial charge in [-0.25, -0.2) is 13.4 Å². The van der Waals surface area contributed by atoms with Gasteiger partial charge in [0.05, 0.1) is 0 Å². The number of piperazine rings is 1. The molecule has 0 aromatic heterocycles. The van der Waals surface area contributed by atoms with E-state index in [4.69, 9.17) is 4.74 Å². The van der Waals surface area contributed by atoms with E-state index in [1.807, 2.05) is 0 Å². The van der Waals surface area contributed by atoms with Crippen LogP contribution in [-0.2, 0) is 15.0 Å². The molecule has 0 saturated carbocycles. The van der Waals surface area contributed by atoms with Gasteiger partial charge in [0.1, 0.15) is 30.3 Å². The first kappa shape index (κ1) is 19.7. The third-order valence-electron chi connectivity index (χ3n) is 4.96. The molecule has 2 aromatic rings. The molecule has 3 N–H and O–H groups in total. The van der Waals surface area contributed by atoms with Crippen molar-refractivity contribution in [2.75, 3.05) is 50.2 Å². The fourth-order valence-corrected chi connectivity index (χ4v) is 4.67. The number of anilines is 1. The van der Waals surface area contributed by atoms with Gasteiger partial charge in [-0.1, -0.05) is 6.07 Å². The summed E-state index contributed by atoms with van der Waals surface area (Å²) in [5.74, 6) is -1.87. The number of carbonyl (C=O) groups excluding carboxylic acids is 1. The summed E-state index contributed by atoms with van der Waals surface area (Å²) in [7, 11) is -4.25. The van der Waals surface area contributed by atoms with Crippen molar-refractivity contribution in [3.8, 4) is 11.5 Å². The molecule has 29 heavy (non-hydrogen) atoms. The quantitative estimate of drug-likeness (QED) is 0.627. The number of halogens is 1. The highest BCUT2D eigenvalue weighted by atomic mass is 32.2. The Morgan fingerprint density at radius 3 is 2.66 bits per heavy atom. The maximum atomic E-state index is 15.2. The number of amides is 1. The smallest absolute Gasteiger partial charge is 0.326 e. The van der Waals surface area contributed by atoms with E-state index in [1.54, 1.807) is 16.9 Å². The maximum Gasteiger partial charge on any atom is 0.326 e. The molecule has 0 unspecified atom stereocenters. The summed E-state index contributed by atoms with van der Waals surface area (Å²) in [4.78, 5) is 13.7. The van der Waals surface area contributed by atoms with Gasteiger partial charge in [-0.15, -0.1) is 0 Å². The number of fused-ring (bicyclic) bond motifs is 1. The average Bonchev–Trinajstić information content (AvgIpc) is 2.95. The summed E-state index contributed by atoms with van der Waals surface area (Å²) in [5.41, 5.74) is -0.561. The number of rotatable bonds is 5. The second kappa shape index (κ2) is 7.65. The normalized spacial score (nSPS) is 19.5. The van der Waals surface area contributed by atoms with Gasteiger partial charge < -0.3 is 15.2 Å². The van der Waals surface area contributed by atoms with Gasteiger partial charge in [0, 0.05) is 38.1 Å². The highest BCUT2D eigenvalue weighted by molar-refractivity contribution is 7.92. The van der Waals surface area contributed by atoms with Crippen LogP contribution in [0.5, 0.6) is 11.5 Å². The van der Waals surface area contributed by atoms with Crippen LogP contribution in [0.2, 0.25) is 0 Å². The lowest BCUT2D eigenvalue weighted by Crippen LogP contribution is -2.44. The van der Waals surface area contributed by atoms with Crippen LogP contribution in [0.3, 0.4) is 0 Å². The number of nitrogens with zero attached hydrogens (tertiary/aromatic N) is 2. The largest absolute Gasteiger partial charge is 0.506 e. The molecule has 156 valence electrons. The monoisotopic (exact) mass is 424 g/mol. The van der Waals surface area contributed by atoms with Crippen LogP contribution < -0.4 is 19.1 Å². The van der Waals surface area contributed by atoms with Crippen molar-refractivity contribution in [1.82, 2.24) is 14.9 Å². The Morgan fingerprint density at radius 1 is 1.21 bits per heavy atom. The average molecular weight is 424 g/mol. The number of nitrogens with one attached hydrogen (secondary N) is 2. The van der Waals surface area contributed by atoms with Crippen LogP contribution >= 0.6 is 0 Å². The number of ether oxygens (including phenoxy) is 1. The molecule has 0 radical (unpaired) electrons. The molecule has 9 nitrogen and oxygen atoms in total. The van der Waals surface area contributed by atoms with Gasteiger partial charge in [-0.2, -0.15) is 8.42 Å². The second-order valence-corrected chi connectivity index (χ2v) is 8.51. The van der Waals surface area contributed by atoms with Crippen LogP contribution in [-0.4, -0.2) is 70.2 Å². The Bertz CT molecular complexity index is 1060. The summed E-state index contributed by atoms with van der Waals surface area (Å²) < 4.78 is 47.3. The second-order valence-electron chi connectivity index (χ2n) is 6.92. The van der Waals surface area contributed by atoms with Crippen molar-refractivity contribution in [2.24, 2.45) is 0 Å². The van der Waals surface area contributed by atoms with Crippen molar-refractivity contribution in [3.05, 3.63) is 30.1 Å². The molecule has 2 heterocycles. The van der Waals surface area contributed by atoms with E-state index in [0.717, 1.165) is 32.7 Å². The molecular weight excluding hydrogens is 403 g/mol. The summed E-state index contributed by atoms with van der Waals surface area (Å²) in [5, 5.41) is 13.9. The number of phenols is 1. The van der Waals surface area contributed by atoms with E-state index in [-0.39, 0.29) is 5.39 Å². The fraction of sp³-hybridized carbons (Fsp3) is 0.389. The lowest BCUT2D eigenvalue weighted by Gasteiger charge is -2.26. The number of aromatic hydroxyl groups is 1. The maximum absolute atomic E-state index is 15.2. The topological polar surface area (TPSA) is 111 Å². The Kier molecular flexibility index (Phi) is 5.19. The molecular formula is C18H21FN4O5S. The molecule has 2 aliphatic heterocycles. The summed E-state index contributed by atoms with van der Waals surface area (Å²) in [6, 6.07) is 5.97. The van der Waals surface area contributed by atoms with Gasteiger partial charge in [0.25, 0.3) is 5.91 Å². The molecule has 2 aromatic carbocycles.